The average Bonchev–Trinajstić information content (AvgIpc) is 2.90. The maximum atomic E-state index is 13.6. The normalized spacial score (nSPS) is 12.7. The Morgan fingerprint density at radius 3 is 2.80 bits per heavy atom. The molecule has 0 atom stereocenters. The molecule has 0 saturated carbocycles. The zero-order valence-corrected chi connectivity index (χ0v) is 11.4. The summed E-state index contributed by atoms with van der Waals surface area (Å²) in [6.45, 7) is 1.25. The monoisotopic (exact) mass is 293 g/mol. The lowest BCUT2D eigenvalue weighted by atomic mass is 10.1. The average molecular weight is 294 g/mol. The van der Waals surface area contributed by atoms with Crippen LogP contribution >= 0.6 is 11.6 Å². The fourth-order valence-electron chi connectivity index (χ4n) is 2.13. The number of hydrogen-bond donors (Lipinski definition) is 1. The van der Waals surface area contributed by atoms with Crippen molar-refractivity contribution in [3.05, 3.63) is 58.4 Å². The second-order valence-electron chi connectivity index (χ2n) is 4.49. The van der Waals surface area contributed by atoms with E-state index in [1.165, 1.54) is 6.07 Å². The Morgan fingerprint density at radius 1 is 1.10 bits per heavy atom. The Kier molecular flexibility index (Phi) is 3.76. The third kappa shape index (κ3) is 2.71. The van der Waals surface area contributed by atoms with Gasteiger partial charge in [-0.05, 0) is 18.2 Å². The second kappa shape index (κ2) is 5.69. The van der Waals surface area contributed by atoms with Gasteiger partial charge in [-0.25, -0.2) is 4.39 Å². The van der Waals surface area contributed by atoms with Crippen LogP contribution < -0.4 is 14.8 Å². The molecule has 0 fully saturated rings. The molecular formula is C15H13ClFNO2. The molecule has 1 N–H and O–H groups in total. The topological polar surface area (TPSA) is 30.5 Å². The Bertz CT molecular complexity index is 633. The summed E-state index contributed by atoms with van der Waals surface area (Å²) in [4.78, 5) is 0. The number of hydrogen-bond acceptors (Lipinski definition) is 3. The van der Waals surface area contributed by atoms with Gasteiger partial charge in [0.05, 0.1) is 0 Å². The van der Waals surface area contributed by atoms with Gasteiger partial charge in [0.25, 0.3) is 0 Å². The number of nitrogens with one attached hydrogen (secondary N) is 1. The van der Waals surface area contributed by atoms with Crippen LogP contribution in [0.5, 0.6) is 11.5 Å². The van der Waals surface area contributed by atoms with Crippen LogP contribution in [0.4, 0.5) is 4.39 Å². The first-order valence-electron chi connectivity index (χ1n) is 6.26. The first-order valence-corrected chi connectivity index (χ1v) is 6.64. The molecule has 0 spiro atoms. The predicted octanol–water partition coefficient (Wildman–Crippen LogP) is 3.50. The van der Waals surface area contributed by atoms with E-state index in [4.69, 9.17) is 21.1 Å². The second-order valence-corrected chi connectivity index (χ2v) is 4.93. The Hall–Kier alpha value is -1.78. The van der Waals surface area contributed by atoms with Gasteiger partial charge < -0.3 is 14.8 Å². The van der Waals surface area contributed by atoms with Gasteiger partial charge in [0.2, 0.25) is 6.79 Å². The minimum Gasteiger partial charge on any atom is -0.454 e. The van der Waals surface area contributed by atoms with Crippen molar-refractivity contribution in [2.24, 2.45) is 0 Å². The van der Waals surface area contributed by atoms with Crippen LogP contribution in [0.2, 0.25) is 5.02 Å². The minimum atomic E-state index is -0.303. The van der Waals surface area contributed by atoms with Crippen molar-refractivity contribution in [1.29, 1.82) is 0 Å². The standard InChI is InChI=1S/C15H13ClFNO2/c16-12-5-4-10(13(17)6-12)7-18-8-11-2-1-3-14-15(11)20-9-19-14/h1-6,18H,7-9H2. The molecule has 3 rings (SSSR count). The van der Waals surface area contributed by atoms with E-state index in [1.54, 1.807) is 12.1 Å². The summed E-state index contributed by atoms with van der Waals surface area (Å²) in [6.07, 6.45) is 0. The van der Waals surface area contributed by atoms with Crippen molar-refractivity contribution in [3.8, 4) is 11.5 Å². The quantitative estimate of drug-likeness (QED) is 0.936. The molecule has 0 amide bonds. The summed E-state index contributed by atoms with van der Waals surface area (Å²) >= 11 is 5.72. The maximum absolute atomic E-state index is 13.6. The van der Waals surface area contributed by atoms with E-state index in [2.05, 4.69) is 5.32 Å². The van der Waals surface area contributed by atoms with E-state index in [0.29, 0.717) is 23.7 Å². The lowest BCUT2D eigenvalue weighted by molar-refractivity contribution is 0.173. The lowest BCUT2D eigenvalue weighted by Crippen LogP contribution is -2.14. The van der Waals surface area contributed by atoms with E-state index in [0.717, 1.165) is 17.1 Å². The smallest absolute Gasteiger partial charge is 0.231 e. The van der Waals surface area contributed by atoms with Crippen molar-refractivity contribution >= 4 is 11.6 Å². The van der Waals surface area contributed by atoms with E-state index in [1.807, 2.05) is 18.2 Å². The summed E-state index contributed by atoms with van der Waals surface area (Å²) in [5, 5.41) is 3.59. The van der Waals surface area contributed by atoms with Crippen molar-refractivity contribution < 1.29 is 13.9 Å². The van der Waals surface area contributed by atoms with Crippen molar-refractivity contribution in [1.82, 2.24) is 5.32 Å². The molecule has 0 radical (unpaired) electrons. The van der Waals surface area contributed by atoms with E-state index < -0.39 is 0 Å². The van der Waals surface area contributed by atoms with Gasteiger partial charge in [0.15, 0.2) is 11.5 Å². The highest BCUT2D eigenvalue weighted by molar-refractivity contribution is 6.30. The molecule has 0 aromatic heterocycles. The molecule has 0 aliphatic carbocycles. The maximum Gasteiger partial charge on any atom is 0.231 e. The van der Waals surface area contributed by atoms with Gasteiger partial charge in [0, 0.05) is 29.2 Å². The predicted molar refractivity (Wildman–Crippen MR) is 74.5 cm³/mol. The largest absolute Gasteiger partial charge is 0.454 e. The summed E-state index contributed by atoms with van der Waals surface area (Å²) in [7, 11) is 0. The van der Waals surface area contributed by atoms with Crippen LogP contribution in [0.25, 0.3) is 0 Å². The number of rotatable bonds is 4. The summed E-state index contributed by atoms with van der Waals surface area (Å²) < 4.78 is 24.4. The van der Waals surface area contributed by atoms with Crippen LogP contribution in [-0.2, 0) is 13.1 Å². The van der Waals surface area contributed by atoms with Crippen LogP contribution in [0.3, 0.4) is 0 Å². The molecular weight excluding hydrogens is 281 g/mol. The molecule has 0 bridgehead atoms. The molecule has 104 valence electrons. The molecule has 20 heavy (non-hydrogen) atoms. The number of fused-ring (bicyclic) bond motifs is 1. The number of benzene rings is 2. The van der Waals surface area contributed by atoms with Gasteiger partial charge in [-0.1, -0.05) is 29.8 Å². The SMILES string of the molecule is Fc1cc(Cl)ccc1CNCc1cccc2c1OCO2. The van der Waals surface area contributed by atoms with E-state index in [-0.39, 0.29) is 12.6 Å². The van der Waals surface area contributed by atoms with Crippen molar-refractivity contribution in [2.45, 2.75) is 13.1 Å². The molecule has 2 aromatic carbocycles. The van der Waals surface area contributed by atoms with Gasteiger partial charge >= 0.3 is 0 Å². The fourth-order valence-corrected chi connectivity index (χ4v) is 2.29. The fraction of sp³-hybridized carbons (Fsp3) is 0.200. The van der Waals surface area contributed by atoms with Crippen LogP contribution in [0.1, 0.15) is 11.1 Å². The Balaban J connectivity index is 1.64. The third-order valence-corrected chi connectivity index (χ3v) is 3.36. The van der Waals surface area contributed by atoms with Gasteiger partial charge in [-0.15, -0.1) is 0 Å². The van der Waals surface area contributed by atoms with Crippen LogP contribution in [0.15, 0.2) is 36.4 Å². The number of para-hydroxylation sites is 1. The summed E-state index contributed by atoms with van der Waals surface area (Å²) in [5.74, 6) is 1.21. The minimum absolute atomic E-state index is 0.248. The number of ether oxygens (including phenoxy) is 2. The first kappa shape index (κ1) is 13.2. The zero-order chi connectivity index (χ0) is 13.9. The molecule has 1 aliphatic rings. The van der Waals surface area contributed by atoms with Gasteiger partial charge in [0.1, 0.15) is 5.82 Å². The highest BCUT2D eigenvalue weighted by atomic mass is 35.5. The molecule has 1 aliphatic heterocycles. The summed E-state index contributed by atoms with van der Waals surface area (Å²) in [5.41, 5.74) is 1.58. The molecule has 2 aromatic rings. The highest BCUT2D eigenvalue weighted by Crippen LogP contribution is 2.35. The van der Waals surface area contributed by atoms with Gasteiger partial charge in [-0.2, -0.15) is 0 Å². The Labute approximate surface area is 121 Å². The molecule has 0 unspecified atom stereocenters. The molecule has 1 heterocycles. The Morgan fingerprint density at radius 2 is 1.95 bits per heavy atom. The lowest BCUT2D eigenvalue weighted by Gasteiger charge is -2.08. The molecule has 0 saturated heterocycles. The molecule has 5 heteroatoms. The highest BCUT2D eigenvalue weighted by Gasteiger charge is 2.16. The molecule has 3 nitrogen and oxygen atoms in total. The van der Waals surface area contributed by atoms with E-state index >= 15 is 0 Å². The van der Waals surface area contributed by atoms with Crippen LogP contribution in [0, 0.1) is 5.82 Å². The zero-order valence-electron chi connectivity index (χ0n) is 10.7. The van der Waals surface area contributed by atoms with Crippen LogP contribution in [-0.4, -0.2) is 6.79 Å². The van der Waals surface area contributed by atoms with Crippen molar-refractivity contribution in [2.75, 3.05) is 6.79 Å². The van der Waals surface area contributed by atoms with Crippen molar-refractivity contribution in [3.63, 3.8) is 0 Å². The summed E-state index contributed by atoms with van der Waals surface area (Å²) in [6, 6.07) is 10.4. The van der Waals surface area contributed by atoms with E-state index in [9.17, 15) is 4.39 Å². The van der Waals surface area contributed by atoms with Gasteiger partial charge in [-0.3, -0.25) is 0 Å². The third-order valence-electron chi connectivity index (χ3n) is 3.12. The first-order chi connectivity index (χ1) is 9.74. The number of halogens is 2.